The Hall–Kier alpha value is -4.49. The van der Waals surface area contributed by atoms with Gasteiger partial charge in [0.05, 0.1) is 88.8 Å². The third kappa shape index (κ3) is 19.0. The Bertz CT molecular complexity index is 2090. The van der Waals surface area contributed by atoms with Crippen molar-refractivity contribution in [1.29, 1.82) is 0 Å². The predicted molar refractivity (Wildman–Crippen MR) is 277 cm³/mol. The average Bonchev–Trinajstić information content (AvgIpc) is 3.36. The molecule has 74 heavy (non-hydrogen) atoms. The van der Waals surface area contributed by atoms with Gasteiger partial charge in [0.1, 0.15) is 12.5 Å². The van der Waals surface area contributed by atoms with Gasteiger partial charge < -0.3 is 62.7 Å². The van der Waals surface area contributed by atoms with Gasteiger partial charge in [-0.25, -0.2) is 4.79 Å². The molecule has 0 saturated carbocycles. The van der Waals surface area contributed by atoms with E-state index in [1.165, 1.54) is 20.3 Å². The van der Waals surface area contributed by atoms with Crippen molar-refractivity contribution in [2.24, 2.45) is 5.41 Å². The zero-order valence-electron chi connectivity index (χ0n) is 44.8. The van der Waals surface area contributed by atoms with E-state index in [1.54, 1.807) is 14.0 Å². The third-order valence-electron chi connectivity index (χ3n) is 14.2. The Kier molecular flexibility index (Phi) is 24.7. The number of carbonyl (C=O) groups excluding carboxylic acids is 2. The number of rotatable bonds is 30. The van der Waals surface area contributed by atoms with Crippen LogP contribution in [0, 0.1) is 5.41 Å². The van der Waals surface area contributed by atoms with Gasteiger partial charge in [-0.05, 0) is 74.3 Å². The summed E-state index contributed by atoms with van der Waals surface area (Å²) in [6, 6.07) is 17.1. The van der Waals surface area contributed by atoms with Crippen LogP contribution in [0.5, 0.6) is 5.75 Å². The molecule has 0 unspecified atom stereocenters. The number of unbranched alkanes of at least 4 members (excludes halogenated alkanes) is 4. The van der Waals surface area contributed by atoms with Gasteiger partial charge in [0.25, 0.3) is 0 Å². The Morgan fingerprint density at radius 2 is 1.58 bits per heavy atom. The van der Waals surface area contributed by atoms with E-state index in [2.05, 4.69) is 13.5 Å². The highest BCUT2D eigenvalue weighted by Gasteiger charge is 2.59. The normalized spacial score (nSPS) is 26.4. The number of aliphatic hydroxyl groups excluding tert-OH is 2. The van der Waals surface area contributed by atoms with E-state index in [-0.39, 0.29) is 51.3 Å². The monoisotopic (exact) mass is 1040 g/mol. The second kappa shape index (κ2) is 30.3. The van der Waals surface area contributed by atoms with E-state index < -0.39 is 77.9 Å². The van der Waals surface area contributed by atoms with Crippen LogP contribution in [0.25, 0.3) is 0 Å². The average molecular weight is 1040 g/mol. The molecule has 2 aromatic rings. The molecule has 3 fully saturated rings. The van der Waals surface area contributed by atoms with Gasteiger partial charge in [0.2, 0.25) is 5.79 Å². The number of esters is 2. The number of ether oxygens (including phenoxy) is 10. The lowest BCUT2D eigenvalue weighted by Crippen LogP contribution is -2.63. The van der Waals surface area contributed by atoms with Crippen molar-refractivity contribution in [2.45, 2.75) is 204 Å². The minimum atomic E-state index is -1.73. The van der Waals surface area contributed by atoms with Crippen LogP contribution in [0.15, 0.2) is 90.6 Å². The lowest BCUT2D eigenvalue weighted by molar-refractivity contribution is -0.338. The zero-order chi connectivity index (χ0) is 53.7. The molecule has 3 aliphatic heterocycles. The summed E-state index contributed by atoms with van der Waals surface area (Å²) < 4.78 is 61.1. The van der Waals surface area contributed by atoms with E-state index in [4.69, 9.17) is 47.4 Å². The number of aliphatic hydroxyl groups is 2. The van der Waals surface area contributed by atoms with E-state index >= 15 is 0 Å². The highest BCUT2D eigenvalue weighted by atomic mass is 16.7. The van der Waals surface area contributed by atoms with Crippen molar-refractivity contribution in [3.8, 4) is 5.75 Å². The Morgan fingerprint density at radius 3 is 2.27 bits per heavy atom. The highest BCUT2D eigenvalue weighted by molar-refractivity contribution is 5.83. The van der Waals surface area contributed by atoms with Gasteiger partial charge in [-0.15, -0.1) is 0 Å². The maximum Gasteiger partial charge on any atom is 0.330 e. The minimum absolute atomic E-state index is 0.0494. The molecule has 5 rings (SSSR count). The van der Waals surface area contributed by atoms with Crippen LogP contribution < -0.4 is 4.74 Å². The van der Waals surface area contributed by atoms with Crippen LogP contribution in [0.2, 0.25) is 0 Å². The van der Waals surface area contributed by atoms with E-state index in [0.29, 0.717) is 62.9 Å². The van der Waals surface area contributed by atoms with Gasteiger partial charge in [0, 0.05) is 44.3 Å². The fourth-order valence-corrected chi connectivity index (χ4v) is 10.1. The molecule has 0 aliphatic carbocycles. The number of carboxylic acids is 1. The van der Waals surface area contributed by atoms with Gasteiger partial charge in [-0.1, -0.05) is 113 Å². The summed E-state index contributed by atoms with van der Waals surface area (Å²) in [6.45, 7) is 12.5. The molecule has 3 aliphatic rings. The second-order valence-corrected chi connectivity index (χ2v) is 20.6. The summed E-state index contributed by atoms with van der Waals surface area (Å²) in [4.78, 5) is 38.7. The molecule has 3 heterocycles. The summed E-state index contributed by atoms with van der Waals surface area (Å²) in [5.41, 5.74) is 2.15. The van der Waals surface area contributed by atoms with Crippen LogP contribution in [0.4, 0.5) is 0 Å². The fourth-order valence-electron chi connectivity index (χ4n) is 10.1. The molecule has 0 aromatic heterocycles. The molecule has 0 bridgehead atoms. The molecule has 3 N–H and O–H groups in total. The van der Waals surface area contributed by atoms with Gasteiger partial charge in [-0.3, -0.25) is 9.59 Å². The van der Waals surface area contributed by atoms with Gasteiger partial charge in [0.15, 0.2) is 6.10 Å². The standard InChI is InChI=1S/C58H84O16/c1-9-10-11-12-16-19-54(63)73-56-43(29-55(64)66-7)28-51(34-52(60)40(3)70-38-68-36-41-17-14-13-15-18-41)74-58(56,67-8)57(4,5)25-24-46-26-39(2)27-48(71-46)33-50-31-44(59)30-49(72-50)32-47(35-53(61)62)69-37-42-20-22-45(65-6)23-21-42/h13-15,17-18,20-25,29,40,44,46-52,56,59-60H,2,9-12,16,19,26-28,30-38H2,1,3-8H3,(H,61,62)/t40-,44+,46+,47-,48+,49+,50-,51+,52-,56+,58-/m1/s1. The first-order valence-corrected chi connectivity index (χ1v) is 26.4. The van der Waals surface area contributed by atoms with Crippen LogP contribution >= 0.6 is 0 Å². The zero-order valence-corrected chi connectivity index (χ0v) is 44.8. The number of carboxylic acid groups (broad SMARTS) is 1. The molecule has 0 amide bonds. The lowest BCUT2D eigenvalue weighted by atomic mass is 9.73. The van der Waals surface area contributed by atoms with Crippen molar-refractivity contribution in [3.63, 3.8) is 0 Å². The molecule has 412 valence electrons. The van der Waals surface area contributed by atoms with E-state index in [0.717, 1.165) is 42.4 Å². The quantitative estimate of drug-likeness (QED) is 0.0219. The van der Waals surface area contributed by atoms with Crippen LogP contribution in [0.1, 0.15) is 135 Å². The highest BCUT2D eigenvalue weighted by Crippen LogP contribution is 2.49. The largest absolute Gasteiger partial charge is 0.497 e. The number of hydrogen-bond acceptors (Lipinski definition) is 15. The number of methoxy groups -OCH3 is 3. The number of hydrogen-bond donors (Lipinski definition) is 3. The summed E-state index contributed by atoms with van der Waals surface area (Å²) in [5, 5.41) is 32.3. The summed E-state index contributed by atoms with van der Waals surface area (Å²) in [5.74, 6) is -3.12. The Balaban J connectivity index is 1.32. The first-order chi connectivity index (χ1) is 35.5. The summed E-state index contributed by atoms with van der Waals surface area (Å²) in [7, 11) is 4.34. The van der Waals surface area contributed by atoms with Crippen molar-refractivity contribution in [3.05, 3.63) is 102 Å². The molecular weight excluding hydrogens is 953 g/mol. The lowest BCUT2D eigenvalue weighted by Gasteiger charge is -2.53. The first kappa shape index (κ1) is 60.4. The van der Waals surface area contributed by atoms with Gasteiger partial charge in [-0.2, -0.15) is 0 Å². The van der Waals surface area contributed by atoms with Crippen LogP contribution in [-0.4, -0.2) is 128 Å². The molecule has 11 atom stereocenters. The second-order valence-electron chi connectivity index (χ2n) is 20.6. The molecule has 16 heteroatoms. The summed E-state index contributed by atoms with van der Waals surface area (Å²) >= 11 is 0. The Morgan fingerprint density at radius 1 is 0.865 bits per heavy atom. The number of carbonyl (C=O) groups is 3. The molecule has 0 radical (unpaired) electrons. The van der Waals surface area contributed by atoms with Crippen molar-refractivity contribution in [1.82, 2.24) is 0 Å². The fraction of sp³-hybridized carbons (Fsp3) is 0.638. The van der Waals surface area contributed by atoms with Crippen molar-refractivity contribution < 1.29 is 77.1 Å². The van der Waals surface area contributed by atoms with Crippen LogP contribution in [0.3, 0.4) is 0 Å². The molecule has 2 aromatic carbocycles. The van der Waals surface area contributed by atoms with Crippen molar-refractivity contribution in [2.75, 3.05) is 28.1 Å². The molecular formula is C58H84O16. The predicted octanol–water partition coefficient (Wildman–Crippen LogP) is 9.26. The number of benzene rings is 2. The number of aliphatic carboxylic acids is 1. The van der Waals surface area contributed by atoms with Crippen LogP contribution in [-0.2, 0) is 70.2 Å². The molecule has 0 spiro atoms. The Labute approximate surface area is 438 Å². The maximum absolute atomic E-state index is 13.8. The van der Waals surface area contributed by atoms with E-state index in [9.17, 15) is 29.7 Å². The topological polar surface area (TPSA) is 204 Å². The van der Waals surface area contributed by atoms with Crippen molar-refractivity contribution >= 4 is 17.9 Å². The minimum Gasteiger partial charge on any atom is -0.497 e. The molecule has 3 saturated heterocycles. The molecule has 16 nitrogen and oxygen atoms in total. The van der Waals surface area contributed by atoms with E-state index in [1.807, 2.05) is 80.6 Å². The first-order valence-electron chi connectivity index (χ1n) is 26.4. The van der Waals surface area contributed by atoms with Gasteiger partial charge >= 0.3 is 17.9 Å². The maximum atomic E-state index is 13.8. The SMILES string of the molecule is C=C1C[C@@H](C[C@H]2C[C@@H](O)C[C@@H](C[C@H](CC(=O)O)OCc3ccc(OC)cc3)O2)O[C@@H](C=CC(C)(C)[C@]2(OC)O[C@H](C[C@@H](O)[C@@H](C)OCOCc3ccccc3)CC(=CC(=O)OC)[C@@H]2OC(=O)CCCCCCC)C1. The smallest absolute Gasteiger partial charge is 0.330 e. The summed E-state index contributed by atoms with van der Waals surface area (Å²) in [6.07, 6.45) is 6.06. The third-order valence-corrected chi connectivity index (χ3v) is 14.2.